The first-order chi connectivity index (χ1) is 15.6. The topological polar surface area (TPSA) is 133 Å². The largest absolute Gasteiger partial charge is 0.454 e. The zero-order valence-corrected chi connectivity index (χ0v) is 17.2. The minimum absolute atomic E-state index is 0.0567. The van der Waals surface area contributed by atoms with Crippen LogP contribution in [0.1, 0.15) is 31.1 Å². The number of nitrogens with zero attached hydrogens (tertiary/aromatic N) is 4. The number of ether oxygens (including phenoxy) is 2. The molecule has 0 spiro atoms. The lowest BCUT2D eigenvalue weighted by molar-refractivity contribution is -0.132. The summed E-state index contributed by atoms with van der Waals surface area (Å²) in [5, 5.41) is 8.38. The van der Waals surface area contributed by atoms with Crippen LogP contribution < -0.4 is 20.7 Å². The molecule has 1 fully saturated rings. The molecule has 2 aromatic heterocycles. The molecule has 4 heterocycles. The van der Waals surface area contributed by atoms with E-state index >= 15 is 0 Å². The van der Waals surface area contributed by atoms with Gasteiger partial charge >= 0.3 is 5.69 Å². The van der Waals surface area contributed by atoms with E-state index in [-0.39, 0.29) is 31.6 Å². The summed E-state index contributed by atoms with van der Waals surface area (Å²) in [4.78, 5) is 39.6. The number of hydrogen-bond acceptors (Lipinski definition) is 8. The highest BCUT2D eigenvalue weighted by atomic mass is 16.7. The molecule has 1 N–H and O–H groups in total. The van der Waals surface area contributed by atoms with Crippen LogP contribution in [0.2, 0.25) is 0 Å². The third kappa shape index (κ3) is 4.01. The van der Waals surface area contributed by atoms with Crippen molar-refractivity contribution in [2.45, 2.75) is 31.7 Å². The number of carbonyl (C=O) groups excluding carboxylic acids is 1. The maximum Gasteiger partial charge on any atom is 0.328 e. The molecule has 0 saturated carbocycles. The standard InChI is InChI=1S/C21H21N5O6/c27-17-5-8-25(21(29)22-17)9-6-18(28)26-7-1-2-14(11-26)20-24-23-19(32-20)13-3-4-15-16(10-13)31-12-30-15/h3-5,8,10,14H,1-2,6-7,9,11-12H2,(H,22,27,29)/t14-/m1/s1. The Labute approximate surface area is 181 Å². The number of likely N-dealkylation sites (tertiary alicyclic amines) is 1. The van der Waals surface area contributed by atoms with E-state index in [9.17, 15) is 14.4 Å². The van der Waals surface area contributed by atoms with Crippen molar-refractivity contribution in [1.29, 1.82) is 0 Å². The van der Waals surface area contributed by atoms with Crippen LogP contribution in [-0.4, -0.2) is 50.4 Å². The van der Waals surface area contributed by atoms with Gasteiger partial charge < -0.3 is 23.4 Å². The molecule has 1 atom stereocenters. The van der Waals surface area contributed by atoms with Crippen molar-refractivity contribution in [3.8, 4) is 23.0 Å². The van der Waals surface area contributed by atoms with Gasteiger partial charge in [0.25, 0.3) is 5.56 Å². The fourth-order valence-corrected chi connectivity index (χ4v) is 3.95. The third-order valence-corrected chi connectivity index (χ3v) is 5.65. The molecule has 32 heavy (non-hydrogen) atoms. The lowest BCUT2D eigenvalue weighted by atomic mass is 9.98. The molecule has 0 aliphatic carbocycles. The summed E-state index contributed by atoms with van der Waals surface area (Å²) in [6.45, 7) is 1.50. The average Bonchev–Trinajstić information content (AvgIpc) is 3.47. The number of aryl methyl sites for hydroxylation is 1. The molecule has 11 nitrogen and oxygen atoms in total. The highest BCUT2D eigenvalue weighted by molar-refractivity contribution is 5.76. The predicted molar refractivity (Wildman–Crippen MR) is 110 cm³/mol. The Balaban J connectivity index is 1.23. The Morgan fingerprint density at radius 3 is 2.91 bits per heavy atom. The molecule has 0 unspecified atom stereocenters. The van der Waals surface area contributed by atoms with E-state index in [1.165, 1.54) is 16.8 Å². The van der Waals surface area contributed by atoms with Gasteiger partial charge in [0.2, 0.25) is 24.5 Å². The monoisotopic (exact) mass is 439 g/mol. The van der Waals surface area contributed by atoms with Gasteiger partial charge in [-0.2, -0.15) is 0 Å². The maximum absolute atomic E-state index is 12.7. The van der Waals surface area contributed by atoms with Crippen molar-refractivity contribution < 1.29 is 18.7 Å². The van der Waals surface area contributed by atoms with Crippen LogP contribution >= 0.6 is 0 Å². The number of H-pyrrole nitrogens is 1. The first kappa shape index (κ1) is 20.0. The number of benzene rings is 1. The molecule has 1 aromatic carbocycles. The normalized spacial score (nSPS) is 17.5. The smallest absolute Gasteiger partial charge is 0.328 e. The number of amides is 1. The lowest BCUT2D eigenvalue weighted by Crippen LogP contribution is -2.40. The number of piperidine rings is 1. The van der Waals surface area contributed by atoms with Crippen LogP contribution in [0.25, 0.3) is 11.5 Å². The van der Waals surface area contributed by atoms with Gasteiger partial charge in [-0.05, 0) is 31.0 Å². The quantitative estimate of drug-likeness (QED) is 0.625. The highest BCUT2D eigenvalue weighted by Crippen LogP contribution is 2.36. The minimum Gasteiger partial charge on any atom is -0.454 e. The summed E-state index contributed by atoms with van der Waals surface area (Å²) < 4.78 is 18.0. The number of rotatable bonds is 5. The highest BCUT2D eigenvalue weighted by Gasteiger charge is 2.28. The Morgan fingerprint density at radius 1 is 1.16 bits per heavy atom. The summed E-state index contributed by atoms with van der Waals surface area (Å²) in [5.74, 6) is 2.07. The summed E-state index contributed by atoms with van der Waals surface area (Å²) >= 11 is 0. The third-order valence-electron chi connectivity index (χ3n) is 5.65. The van der Waals surface area contributed by atoms with E-state index in [1.807, 2.05) is 6.07 Å². The maximum atomic E-state index is 12.7. The Bertz CT molecular complexity index is 1260. The average molecular weight is 439 g/mol. The van der Waals surface area contributed by atoms with Gasteiger partial charge in [-0.1, -0.05) is 0 Å². The van der Waals surface area contributed by atoms with Gasteiger partial charge in [0.1, 0.15) is 0 Å². The van der Waals surface area contributed by atoms with Gasteiger partial charge in [-0.3, -0.25) is 14.6 Å². The SMILES string of the molecule is O=C(CCn1ccc(=O)[nH]c1=O)N1CCC[C@@H](c2nnc(-c3ccc4c(c3)OCO4)o2)C1. The number of carbonyl (C=O) groups is 1. The minimum atomic E-state index is -0.524. The number of fused-ring (bicyclic) bond motifs is 1. The van der Waals surface area contributed by atoms with Gasteiger partial charge in [0.05, 0.1) is 5.92 Å². The van der Waals surface area contributed by atoms with Crippen LogP contribution in [0.4, 0.5) is 0 Å². The summed E-state index contributed by atoms with van der Waals surface area (Å²) in [5.41, 5.74) is -0.247. The van der Waals surface area contributed by atoms with E-state index in [2.05, 4.69) is 15.2 Å². The van der Waals surface area contributed by atoms with Crippen molar-refractivity contribution in [1.82, 2.24) is 24.6 Å². The van der Waals surface area contributed by atoms with E-state index in [1.54, 1.807) is 17.0 Å². The zero-order valence-electron chi connectivity index (χ0n) is 17.2. The Hall–Kier alpha value is -3.89. The Morgan fingerprint density at radius 2 is 2.03 bits per heavy atom. The molecule has 3 aromatic rings. The molecular formula is C21H21N5O6. The fourth-order valence-electron chi connectivity index (χ4n) is 3.95. The number of hydrogen-bond donors (Lipinski definition) is 1. The summed E-state index contributed by atoms with van der Waals surface area (Å²) in [6, 6.07) is 6.70. The van der Waals surface area contributed by atoms with Gasteiger partial charge in [-0.15, -0.1) is 10.2 Å². The van der Waals surface area contributed by atoms with Crippen LogP contribution in [-0.2, 0) is 11.3 Å². The van der Waals surface area contributed by atoms with Crippen molar-refractivity contribution in [3.05, 3.63) is 57.2 Å². The first-order valence-corrected chi connectivity index (χ1v) is 10.4. The second-order valence-corrected chi connectivity index (χ2v) is 7.75. The second kappa shape index (κ2) is 8.33. The van der Waals surface area contributed by atoms with Gasteiger partial charge in [0, 0.05) is 43.9 Å². The summed E-state index contributed by atoms with van der Waals surface area (Å²) in [6.07, 6.45) is 3.21. The molecule has 2 aliphatic rings. The number of aromatic amines is 1. The van der Waals surface area contributed by atoms with E-state index in [0.29, 0.717) is 36.4 Å². The van der Waals surface area contributed by atoms with Crippen molar-refractivity contribution in [2.24, 2.45) is 0 Å². The molecule has 1 saturated heterocycles. The molecule has 11 heteroatoms. The summed E-state index contributed by atoms with van der Waals surface area (Å²) in [7, 11) is 0. The first-order valence-electron chi connectivity index (χ1n) is 10.4. The Kier molecular flexibility index (Phi) is 5.21. The van der Waals surface area contributed by atoms with Crippen LogP contribution in [0.3, 0.4) is 0 Å². The lowest BCUT2D eigenvalue weighted by Gasteiger charge is -2.31. The van der Waals surface area contributed by atoms with Crippen LogP contribution in [0.15, 0.2) is 44.5 Å². The molecule has 166 valence electrons. The van der Waals surface area contributed by atoms with Gasteiger partial charge in [-0.25, -0.2) is 4.79 Å². The number of nitrogens with one attached hydrogen (secondary N) is 1. The fraction of sp³-hybridized carbons (Fsp3) is 0.381. The molecular weight excluding hydrogens is 418 g/mol. The van der Waals surface area contributed by atoms with E-state index < -0.39 is 11.2 Å². The van der Waals surface area contributed by atoms with Gasteiger partial charge in [0.15, 0.2) is 11.5 Å². The predicted octanol–water partition coefficient (Wildman–Crippen LogP) is 1.11. The van der Waals surface area contributed by atoms with Crippen molar-refractivity contribution >= 4 is 5.91 Å². The molecule has 0 radical (unpaired) electrons. The second-order valence-electron chi connectivity index (χ2n) is 7.75. The zero-order chi connectivity index (χ0) is 22.1. The van der Waals surface area contributed by atoms with Crippen LogP contribution in [0, 0.1) is 0 Å². The molecule has 0 bridgehead atoms. The van der Waals surface area contributed by atoms with Crippen molar-refractivity contribution in [3.63, 3.8) is 0 Å². The molecule has 2 aliphatic heterocycles. The van der Waals surface area contributed by atoms with E-state index in [0.717, 1.165) is 18.4 Å². The number of aromatic nitrogens is 4. The van der Waals surface area contributed by atoms with Crippen LogP contribution in [0.5, 0.6) is 11.5 Å². The molecule has 5 rings (SSSR count). The van der Waals surface area contributed by atoms with E-state index in [4.69, 9.17) is 13.9 Å². The molecule has 1 amide bonds. The van der Waals surface area contributed by atoms with Crippen molar-refractivity contribution in [2.75, 3.05) is 19.9 Å².